The number of nitrogens with zero attached hydrogens (tertiary/aromatic N) is 3. The Labute approximate surface area is 169 Å². The van der Waals surface area contributed by atoms with Crippen molar-refractivity contribution in [2.45, 2.75) is 19.8 Å². The molecule has 28 heavy (non-hydrogen) atoms. The molecule has 0 bridgehead atoms. The molecule has 2 aromatic rings. The average Bonchev–Trinajstić information content (AvgIpc) is 3.00. The van der Waals surface area contributed by atoms with E-state index in [1.807, 2.05) is 0 Å². The number of amides is 1. The first-order chi connectivity index (χ1) is 13.0. The molecule has 8 heteroatoms. The van der Waals surface area contributed by atoms with Crippen LogP contribution < -0.4 is 10.7 Å². The third-order valence-electron chi connectivity index (χ3n) is 5.70. The van der Waals surface area contributed by atoms with Crippen LogP contribution in [0.2, 0.25) is 0 Å². The van der Waals surface area contributed by atoms with Gasteiger partial charge in [0, 0.05) is 24.8 Å². The van der Waals surface area contributed by atoms with Gasteiger partial charge in [0.05, 0.1) is 0 Å². The maximum Gasteiger partial charge on any atom is 0.278 e. The molecule has 4 rings (SSSR count). The summed E-state index contributed by atoms with van der Waals surface area (Å²) in [6, 6.07) is 7.54. The highest BCUT2D eigenvalue weighted by Gasteiger charge is 2.32. The van der Waals surface area contributed by atoms with Crippen LogP contribution in [0.3, 0.4) is 0 Å². The molecule has 150 valence electrons. The van der Waals surface area contributed by atoms with Crippen LogP contribution in [0.25, 0.3) is 5.69 Å². The first kappa shape index (κ1) is 20.5. The number of aromatic nitrogens is 2. The first-order valence-electron chi connectivity index (χ1n) is 9.40. The van der Waals surface area contributed by atoms with Crippen molar-refractivity contribution in [3.05, 3.63) is 57.8 Å². The van der Waals surface area contributed by atoms with Crippen molar-refractivity contribution in [2.75, 3.05) is 26.2 Å². The number of halogens is 2. The van der Waals surface area contributed by atoms with E-state index < -0.39 is 11.2 Å². The van der Waals surface area contributed by atoms with E-state index in [0.29, 0.717) is 30.6 Å². The normalized spacial score (nSPS) is 21.6. The van der Waals surface area contributed by atoms with Gasteiger partial charge in [-0.05, 0) is 56.8 Å². The molecule has 1 aromatic carbocycles. The molecule has 3 heterocycles. The van der Waals surface area contributed by atoms with E-state index in [9.17, 15) is 14.0 Å². The summed E-state index contributed by atoms with van der Waals surface area (Å²) in [4.78, 5) is 27.2. The van der Waals surface area contributed by atoms with E-state index in [0.717, 1.165) is 25.9 Å². The van der Waals surface area contributed by atoms with Gasteiger partial charge in [-0.1, -0.05) is 12.1 Å². The number of aryl methyl sites for hydroxylation is 1. The number of hydrogen-bond acceptors (Lipinski definition) is 4. The van der Waals surface area contributed by atoms with Gasteiger partial charge in [0.25, 0.3) is 5.91 Å². The summed E-state index contributed by atoms with van der Waals surface area (Å²) in [5, 5.41) is 7.65. The molecule has 6 nitrogen and oxygen atoms in total. The van der Waals surface area contributed by atoms with Gasteiger partial charge < -0.3 is 10.2 Å². The Balaban J connectivity index is 0.00000225. The molecule has 1 aromatic heterocycles. The van der Waals surface area contributed by atoms with Gasteiger partial charge in [-0.3, -0.25) is 9.59 Å². The molecule has 2 aliphatic rings. The summed E-state index contributed by atoms with van der Waals surface area (Å²) < 4.78 is 15.5. The van der Waals surface area contributed by atoms with Crippen molar-refractivity contribution >= 4 is 18.3 Å². The summed E-state index contributed by atoms with van der Waals surface area (Å²) in [7, 11) is 0. The Morgan fingerprint density at radius 2 is 1.82 bits per heavy atom. The minimum Gasteiger partial charge on any atom is -0.337 e. The van der Waals surface area contributed by atoms with Gasteiger partial charge in [-0.15, -0.1) is 12.4 Å². The van der Waals surface area contributed by atoms with Gasteiger partial charge in [0.2, 0.25) is 5.43 Å². The molecule has 2 atom stereocenters. The molecule has 2 aliphatic heterocycles. The number of benzene rings is 1. The highest BCUT2D eigenvalue weighted by Crippen LogP contribution is 2.27. The fourth-order valence-corrected chi connectivity index (χ4v) is 4.13. The fourth-order valence-electron chi connectivity index (χ4n) is 4.13. The largest absolute Gasteiger partial charge is 0.337 e. The molecule has 1 N–H and O–H groups in total. The standard InChI is InChI=1S/C20H23FN4O2.ClH/c1-13-10-18(26)19(23-25(13)17-5-3-2-4-16(17)21)20(27)24-8-6-14-11-22-12-15(14)7-9-24;/h2-5,10,14-15,22H,6-9,11-12H2,1H3;1H/t14-,15+;. The van der Waals surface area contributed by atoms with Crippen LogP contribution in [-0.2, 0) is 0 Å². The van der Waals surface area contributed by atoms with Crippen molar-refractivity contribution in [2.24, 2.45) is 11.8 Å². The second-order valence-electron chi connectivity index (χ2n) is 7.41. The third kappa shape index (κ3) is 3.82. The number of likely N-dealkylation sites (tertiary alicyclic amines) is 1. The van der Waals surface area contributed by atoms with Gasteiger partial charge in [0.15, 0.2) is 5.69 Å². The van der Waals surface area contributed by atoms with E-state index >= 15 is 0 Å². The molecule has 2 fully saturated rings. The molecular weight excluding hydrogens is 383 g/mol. The van der Waals surface area contributed by atoms with E-state index in [2.05, 4.69) is 10.4 Å². The predicted molar refractivity (Wildman–Crippen MR) is 107 cm³/mol. The van der Waals surface area contributed by atoms with Gasteiger partial charge in [-0.2, -0.15) is 5.10 Å². The second-order valence-corrected chi connectivity index (χ2v) is 7.41. The van der Waals surface area contributed by atoms with Gasteiger partial charge in [-0.25, -0.2) is 9.07 Å². The van der Waals surface area contributed by atoms with Crippen molar-refractivity contribution in [1.82, 2.24) is 20.0 Å². The zero-order valence-corrected chi connectivity index (χ0v) is 16.5. The summed E-state index contributed by atoms with van der Waals surface area (Å²) in [5.41, 5.74) is 0.142. The van der Waals surface area contributed by atoms with Crippen LogP contribution >= 0.6 is 12.4 Å². The predicted octanol–water partition coefficient (Wildman–Crippen LogP) is 2.17. The second kappa shape index (κ2) is 8.41. The van der Waals surface area contributed by atoms with Crippen LogP contribution in [-0.4, -0.2) is 46.8 Å². The number of hydrogen-bond donors (Lipinski definition) is 1. The molecule has 0 radical (unpaired) electrons. The Morgan fingerprint density at radius 3 is 2.46 bits per heavy atom. The SMILES string of the molecule is Cc1cc(=O)c(C(=O)N2CC[C@@H]3CNC[C@@H]3CC2)nn1-c1ccccc1F.Cl. The summed E-state index contributed by atoms with van der Waals surface area (Å²) in [6.07, 6.45) is 1.85. The molecule has 0 spiro atoms. The van der Waals surface area contributed by atoms with Crippen LogP contribution in [0.4, 0.5) is 4.39 Å². The molecule has 1 amide bonds. The zero-order valence-electron chi connectivity index (χ0n) is 15.7. The van der Waals surface area contributed by atoms with Crippen molar-refractivity contribution < 1.29 is 9.18 Å². The van der Waals surface area contributed by atoms with Crippen molar-refractivity contribution in [1.29, 1.82) is 0 Å². The maximum atomic E-state index is 14.2. The molecular formula is C20H24ClFN4O2. The topological polar surface area (TPSA) is 67.2 Å². The third-order valence-corrected chi connectivity index (χ3v) is 5.70. The van der Waals surface area contributed by atoms with Crippen LogP contribution in [0.1, 0.15) is 29.0 Å². The van der Waals surface area contributed by atoms with E-state index in [-0.39, 0.29) is 29.7 Å². The van der Waals surface area contributed by atoms with Gasteiger partial charge >= 0.3 is 0 Å². The van der Waals surface area contributed by atoms with Crippen LogP contribution in [0.15, 0.2) is 35.1 Å². The number of nitrogens with one attached hydrogen (secondary N) is 1. The van der Waals surface area contributed by atoms with E-state index in [1.54, 1.807) is 30.0 Å². The molecule has 2 saturated heterocycles. The number of carbonyl (C=O) groups excluding carboxylic acids is 1. The number of rotatable bonds is 2. The Kier molecular flexibility index (Phi) is 6.15. The lowest BCUT2D eigenvalue weighted by Crippen LogP contribution is -2.37. The van der Waals surface area contributed by atoms with Crippen LogP contribution in [0.5, 0.6) is 0 Å². The molecule has 0 saturated carbocycles. The van der Waals surface area contributed by atoms with Crippen molar-refractivity contribution in [3.8, 4) is 5.69 Å². The lowest BCUT2D eigenvalue weighted by molar-refractivity contribution is 0.0749. The molecule has 0 aliphatic carbocycles. The summed E-state index contributed by atoms with van der Waals surface area (Å²) >= 11 is 0. The smallest absolute Gasteiger partial charge is 0.278 e. The minimum atomic E-state index is -0.453. The zero-order chi connectivity index (χ0) is 19.0. The van der Waals surface area contributed by atoms with E-state index in [4.69, 9.17) is 0 Å². The quantitative estimate of drug-likeness (QED) is 0.830. The Morgan fingerprint density at radius 1 is 1.18 bits per heavy atom. The lowest BCUT2D eigenvalue weighted by Gasteiger charge is -2.21. The summed E-state index contributed by atoms with van der Waals surface area (Å²) in [5.74, 6) is 0.357. The van der Waals surface area contributed by atoms with E-state index in [1.165, 1.54) is 16.8 Å². The highest BCUT2D eigenvalue weighted by atomic mass is 35.5. The average molecular weight is 407 g/mol. The van der Waals surface area contributed by atoms with Crippen LogP contribution in [0, 0.1) is 24.6 Å². The number of para-hydroxylation sites is 1. The minimum absolute atomic E-state index is 0. The number of carbonyl (C=O) groups is 1. The fraction of sp³-hybridized carbons (Fsp3) is 0.450. The van der Waals surface area contributed by atoms with Gasteiger partial charge in [0.1, 0.15) is 11.5 Å². The highest BCUT2D eigenvalue weighted by molar-refractivity contribution is 5.92. The Bertz CT molecular complexity index is 919. The maximum absolute atomic E-state index is 14.2. The monoisotopic (exact) mass is 406 g/mol. The summed E-state index contributed by atoms with van der Waals surface area (Å²) in [6.45, 7) is 4.91. The number of fused-ring (bicyclic) bond motifs is 1. The van der Waals surface area contributed by atoms with Crippen molar-refractivity contribution in [3.63, 3.8) is 0 Å². The molecule has 0 unspecified atom stereocenters. The lowest BCUT2D eigenvalue weighted by atomic mass is 9.92. The first-order valence-corrected chi connectivity index (χ1v) is 9.40. The Hall–Kier alpha value is -2.25.